The van der Waals surface area contributed by atoms with Crippen LogP contribution in [0.5, 0.6) is 0 Å². The molecule has 1 N–H and O–H groups in total. The van der Waals surface area contributed by atoms with Gasteiger partial charge in [0.1, 0.15) is 0 Å². The fourth-order valence-electron chi connectivity index (χ4n) is 2.44. The molecule has 0 aromatic heterocycles. The highest BCUT2D eigenvalue weighted by atomic mass is 32.2. The second-order valence-corrected chi connectivity index (χ2v) is 9.04. The quantitative estimate of drug-likeness (QED) is 0.748. The van der Waals surface area contributed by atoms with Gasteiger partial charge in [0.2, 0.25) is 5.91 Å². The van der Waals surface area contributed by atoms with Crippen LogP contribution in [0.1, 0.15) is 30.5 Å². The summed E-state index contributed by atoms with van der Waals surface area (Å²) in [5, 5.41) is 1.97. The van der Waals surface area contributed by atoms with Crippen LogP contribution in [0, 0.1) is 11.8 Å². The van der Waals surface area contributed by atoms with Crippen molar-refractivity contribution in [3.8, 4) is 11.8 Å². The molecule has 0 bridgehead atoms. The predicted molar refractivity (Wildman–Crippen MR) is 104 cm³/mol. The summed E-state index contributed by atoms with van der Waals surface area (Å²) >= 11 is 0. The normalized spacial score (nSPS) is 11.7. The molecule has 0 unspecified atom stereocenters. The Bertz CT molecular complexity index is 1030. The molecule has 0 atom stereocenters. The molecular weight excluding hydrogens is 403 g/mol. The SMILES string of the molecule is CC(C)S(=O)(=O)c1ccc(CC(=O)NCC#Cc2ccccc2C(F)(F)F)cc1. The molecular formula is C21H20F3NO3S. The van der Waals surface area contributed by atoms with E-state index in [9.17, 15) is 26.4 Å². The molecule has 0 saturated heterocycles. The third kappa shape index (κ3) is 6.09. The van der Waals surface area contributed by atoms with E-state index in [1.165, 1.54) is 30.3 Å². The van der Waals surface area contributed by atoms with Crippen molar-refractivity contribution >= 4 is 15.7 Å². The summed E-state index contributed by atoms with van der Waals surface area (Å²) in [6.07, 6.45) is -4.49. The summed E-state index contributed by atoms with van der Waals surface area (Å²) < 4.78 is 62.9. The molecule has 0 fully saturated rings. The zero-order chi connectivity index (χ0) is 21.7. The number of sulfone groups is 1. The first-order valence-corrected chi connectivity index (χ1v) is 10.3. The minimum Gasteiger partial charge on any atom is -0.345 e. The number of rotatable bonds is 5. The second-order valence-electron chi connectivity index (χ2n) is 6.54. The first kappa shape index (κ1) is 22.5. The smallest absolute Gasteiger partial charge is 0.345 e. The Morgan fingerprint density at radius 2 is 1.69 bits per heavy atom. The van der Waals surface area contributed by atoms with E-state index in [1.807, 2.05) is 0 Å². The maximum absolute atomic E-state index is 12.9. The highest BCUT2D eigenvalue weighted by molar-refractivity contribution is 7.92. The topological polar surface area (TPSA) is 63.2 Å². The number of nitrogens with one attached hydrogen (secondary N) is 1. The Labute approximate surface area is 168 Å². The molecule has 4 nitrogen and oxygen atoms in total. The van der Waals surface area contributed by atoms with Crippen LogP contribution in [0.15, 0.2) is 53.4 Å². The Hall–Kier alpha value is -2.79. The fourth-order valence-corrected chi connectivity index (χ4v) is 3.50. The average Bonchev–Trinajstić information content (AvgIpc) is 2.65. The largest absolute Gasteiger partial charge is 0.417 e. The van der Waals surface area contributed by atoms with E-state index in [0.717, 1.165) is 6.07 Å². The van der Waals surface area contributed by atoms with Gasteiger partial charge < -0.3 is 5.32 Å². The lowest BCUT2D eigenvalue weighted by atomic mass is 10.1. The average molecular weight is 423 g/mol. The van der Waals surface area contributed by atoms with Crippen molar-refractivity contribution < 1.29 is 26.4 Å². The van der Waals surface area contributed by atoms with Gasteiger partial charge in [-0.15, -0.1) is 0 Å². The molecule has 8 heteroatoms. The van der Waals surface area contributed by atoms with Crippen LogP contribution >= 0.6 is 0 Å². The molecule has 0 heterocycles. The van der Waals surface area contributed by atoms with Gasteiger partial charge in [-0.2, -0.15) is 13.2 Å². The Kier molecular flexibility index (Phi) is 7.09. The van der Waals surface area contributed by atoms with Crippen LogP contribution in [-0.2, 0) is 27.2 Å². The molecule has 0 spiro atoms. The molecule has 0 radical (unpaired) electrons. The van der Waals surface area contributed by atoms with Crippen LogP contribution in [0.2, 0.25) is 0 Å². The maximum Gasteiger partial charge on any atom is 0.417 e. The van der Waals surface area contributed by atoms with Crippen molar-refractivity contribution in [1.29, 1.82) is 0 Å². The summed E-state index contributed by atoms with van der Waals surface area (Å²) in [6, 6.07) is 11.0. The Morgan fingerprint density at radius 1 is 1.07 bits per heavy atom. The standard InChI is InChI=1S/C21H20F3NO3S/c1-15(2)29(27,28)18-11-9-16(10-12-18)14-20(26)25-13-5-7-17-6-3-4-8-19(17)21(22,23)24/h3-4,6,8-12,15H,13-14H2,1-2H3,(H,25,26). The minimum absolute atomic E-state index is 0.00280. The zero-order valence-corrected chi connectivity index (χ0v) is 16.7. The number of hydrogen-bond acceptors (Lipinski definition) is 3. The van der Waals surface area contributed by atoms with Gasteiger partial charge in [-0.3, -0.25) is 4.79 Å². The zero-order valence-electron chi connectivity index (χ0n) is 15.9. The summed E-state index contributed by atoms with van der Waals surface area (Å²) in [4.78, 5) is 12.1. The van der Waals surface area contributed by atoms with E-state index in [4.69, 9.17) is 0 Å². The van der Waals surface area contributed by atoms with E-state index in [2.05, 4.69) is 17.2 Å². The summed E-state index contributed by atoms with van der Waals surface area (Å²) in [5.74, 6) is 4.56. The molecule has 0 aliphatic rings. The first-order valence-electron chi connectivity index (χ1n) is 8.76. The Balaban J connectivity index is 1.95. The molecule has 2 rings (SSSR count). The van der Waals surface area contributed by atoms with Crippen LogP contribution in [-0.4, -0.2) is 26.1 Å². The van der Waals surface area contributed by atoms with Gasteiger partial charge in [0.25, 0.3) is 0 Å². The number of benzene rings is 2. The van der Waals surface area contributed by atoms with Crippen molar-refractivity contribution in [2.75, 3.05) is 6.54 Å². The number of halogens is 3. The van der Waals surface area contributed by atoms with Gasteiger partial charge in [0.15, 0.2) is 9.84 Å². The molecule has 0 aliphatic carbocycles. The van der Waals surface area contributed by atoms with Crippen molar-refractivity contribution in [1.82, 2.24) is 5.32 Å². The Morgan fingerprint density at radius 3 is 2.28 bits per heavy atom. The highest BCUT2D eigenvalue weighted by Crippen LogP contribution is 2.31. The number of hydrogen-bond donors (Lipinski definition) is 1. The molecule has 2 aromatic carbocycles. The van der Waals surface area contributed by atoms with Gasteiger partial charge in [-0.05, 0) is 43.7 Å². The maximum atomic E-state index is 12.9. The number of carbonyl (C=O) groups is 1. The number of amides is 1. The molecule has 0 saturated carbocycles. The number of carbonyl (C=O) groups excluding carboxylic acids is 1. The fraction of sp³-hybridized carbons (Fsp3) is 0.286. The van der Waals surface area contributed by atoms with E-state index in [0.29, 0.717) is 5.56 Å². The minimum atomic E-state index is -4.50. The van der Waals surface area contributed by atoms with Gasteiger partial charge in [-0.1, -0.05) is 36.1 Å². The van der Waals surface area contributed by atoms with Crippen molar-refractivity contribution in [3.63, 3.8) is 0 Å². The van der Waals surface area contributed by atoms with E-state index in [-0.39, 0.29) is 29.3 Å². The molecule has 1 amide bonds. The third-order valence-electron chi connectivity index (χ3n) is 4.07. The predicted octanol–water partition coefficient (Wildman–Crippen LogP) is 3.60. The van der Waals surface area contributed by atoms with Gasteiger partial charge >= 0.3 is 6.18 Å². The molecule has 154 valence electrons. The van der Waals surface area contributed by atoms with E-state index < -0.39 is 26.8 Å². The molecule has 0 aliphatic heterocycles. The van der Waals surface area contributed by atoms with Crippen molar-refractivity contribution in [2.45, 2.75) is 36.6 Å². The lowest BCUT2D eigenvalue weighted by Crippen LogP contribution is -2.25. The first-order chi connectivity index (χ1) is 13.5. The number of alkyl halides is 3. The van der Waals surface area contributed by atoms with Crippen molar-refractivity contribution in [2.24, 2.45) is 0 Å². The van der Waals surface area contributed by atoms with E-state index in [1.54, 1.807) is 26.0 Å². The van der Waals surface area contributed by atoms with Gasteiger partial charge in [0, 0.05) is 5.56 Å². The van der Waals surface area contributed by atoms with Crippen LogP contribution in [0.4, 0.5) is 13.2 Å². The lowest BCUT2D eigenvalue weighted by molar-refractivity contribution is -0.137. The van der Waals surface area contributed by atoms with Crippen molar-refractivity contribution in [3.05, 3.63) is 65.2 Å². The van der Waals surface area contributed by atoms with Gasteiger partial charge in [0.05, 0.1) is 28.7 Å². The summed E-state index contributed by atoms with van der Waals surface area (Å²) in [5.41, 5.74) is -0.368. The summed E-state index contributed by atoms with van der Waals surface area (Å²) in [7, 11) is -3.38. The molecule has 29 heavy (non-hydrogen) atoms. The summed E-state index contributed by atoms with van der Waals surface area (Å²) in [6.45, 7) is 3.07. The third-order valence-corrected chi connectivity index (χ3v) is 6.24. The molecule has 2 aromatic rings. The highest BCUT2D eigenvalue weighted by Gasteiger charge is 2.32. The van der Waals surface area contributed by atoms with Crippen LogP contribution < -0.4 is 5.32 Å². The second kappa shape index (κ2) is 9.14. The van der Waals surface area contributed by atoms with Gasteiger partial charge in [-0.25, -0.2) is 8.42 Å². The monoisotopic (exact) mass is 423 g/mol. The van der Waals surface area contributed by atoms with E-state index >= 15 is 0 Å². The van der Waals surface area contributed by atoms with Crippen LogP contribution in [0.25, 0.3) is 0 Å². The lowest BCUT2D eigenvalue weighted by Gasteiger charge is -2.08. The van der Waals surface area contributed by atoms with Crippen LogP contribution in [0.3, 0.4) is 0 Å².